The zero-order chi connectivity index (χ0) is 16.2. The van der Waals surface area contributed by atoms with Gasteiger partial charge >= 0.3 is 0 Å². The van der Waals surface area contributed by atoms with Crippen LogP contribution in [0, 0.1) is 6.92 Å². The first kappa shape index (κ1) is 16.5. The first-order chi connectivity index (χ1) is 11.2. The average molecular weight is 321 g/mol. The summed E-state index contributed by atoms with van der Waals surface area (Å²) in [6.45, 7) is 8.53. The molecule has 1 aromatic rings. The van der Waals surface area contributed by atoms with E-state index in [1.807, 2.05) is 11.8 Å². The van der Waals surface area contributed by atoms with Crippen molar-refractivity contribution >= 4 is 5.91 Å². The summed E-state index contributed by atoms with van der Waals surface area (Å²) in [5.74, 6) is 1.14. The second-order valence-corrected chi connectivity index (χ2v) is 6.44. The Balaban J connectivity index is 1.73. The number of amides is 1. The van der Waals surface area contributed by atoms with Gasteiger partial charge in [-0.05, 0) is 32.7 Å². The van der Waals surface area contributed by atoms with Gasteiger partial charge in [-0.3, -0.25) is 9.69 Å². The van der Waals surface area contributed by atoms with Gasteiger partial charge in [0.05, 0.1) is 24.9 Å². The third kappa shape index (κ3) is 3.58. The van der Waals surface area contributed by atoms with Crippen LogP contribution in [0.2, 0.25) is 0 Å². The first-order valence-electron chi connectivity index (χ1n) is 8.75. The standard InChI is InChI=1S/C17H27N3O3/c1-3-15-14(13(2)23-18-15)12-20-7-5-4-6-16(20)17(21)19-8-10-22-11-9-19/h16H,3-12H2,1-2H3. The number of morpholine rings is 1. The number of carbonyl (C=O) groups excluding carboxylic acids is 1. The lowest BCUT2D eigenvalue weighted by molar-refractivity contribution is -0.142. The first-order valence-corrected chi connectivity index (χ1v) is 8.75. The van der Waals surface area contributed by atoms with E-state index in [1.165, 1.54) is 0 Å². The summed E-state index contributed by atoms with van der Waals surface area (Å²) in [7, 11) is 0. The van der Waals surface area contributed by atoms with Gasteiger partial charge in [0, 0.05) is 25.2 Å². The predicted octanol–water partition coefficient (Wildman–Crippen LogP) is 1.76. The van der Waals surface area contributed by atoms with Crippen LogP contribution in [0.25, 0.3) is 0 Å². The molecule has 0 aromatic carbocycles. The molecule has 23 heavy (non-hydrogen) atoms. The van der Waals surface area contributed by atoms with Gasteiger partial charge in [-0.2, -0.15) is 0 Å². The molecule has 2 aliphatic rings. The molecule has 6 nitrogen and oxygen atoms in total. The molecule has 0 aliphatic carbocycles. The number of ether oxygens (including phenoxy) is 1. The van der Waals surface area contributed by atoms with Crippen molar-refractivity contribution < 1.29 is 14.1 Å². The zero-order valence-electron chi connectivity index (χ0n) is 14.2. The summed E-state index contributed by atoms with van der Waals surface area (Å²) in [6.07, 6.45) is 4.09. The fourth-order valence-corrected chi connectivity index (χ4v) is 3.57. The molecule has 0 saturated carbocycles. The summed E-state index contributed by atoms with van der Waals surface area (Å²) in [5, 5.41) is 4.15. The molecule has 2 saturated heterocycles. The minimum absolute atomic E-state index is 0.0131. The van der Waals surface area contributed by atoms with Crippen LogP contribution >= 0.6 is 0 Å². The Kier molecular flexibility index (Phi) is 5.33. The number of likely N-dealkylation sites (tertiary alicyclic amines) is 1. The van der Waals surface area contributed by atoms with Crippen molar-refractivity contribution in [3.05, 3.63) is 17.0 Å². The molecule has 128 valence electrons. The lowest BCUT2D eigenvalue weighted by Crippen LogP contribution is -2.53. The summed E-state index contributed by atoms with van der Waals surface area (Å²) in [6, 6.07) is -0.0131. The molecule has 1 amide bonds. The van der Waals surface area contributed by atoms with E-state index in [4.69, 9.17) is 9.26 Å². The van der Waals surface area contributed by atoms with E-state index in [2.05, 4.69) is 17.0 Å². The molecule has 1 aromatic heterocycles. The molecule has 2 fully saturated rings. The Morgan fingerprint density at radius 3 is 2.78 bits per heavy atom. The molecule has 3 rings (SSSR count). The maximum Gasteiger partial charge on any atom is 0.240 e. The van der Waals surface area contributed by atoms with E-state index >= 15 is 0 Å². The van der Waals surface area contributed by atoms with Gasteiger partial charge < -0.3 is 14.2 Å². The summed E-state index contributed by atoms with van der Waals surface area (Å²) >= 11 is 0. The minimum Gasteiger partial charge on any atom is -0.378 e. The van der Waals surface area contributed by atoms with Crippen LogP contribution in [0.15, 0.2) is 4.52 Å². The Hall–Kier alpha value is -1.40. The number of piperidine rings is 1. The number of nitrogens with zero attached hydrogens (tertiary/aromatic N) is 3. The van der Waals surface area contributed by atoms with Gasteiger partial charge in [-0.15, -0.1) is 0 Å². The highest BCUT2D eigenvalue weighted by Crippen LogP contribution is 2.24. The van der Waals surface area contributed by atoms with Crippen molar-refractivity contribution in [3.8, 4) is 0 Å². The van der Waals surface area contributed by atoms with Gasteiger partial charge in [0.2, 0.25) is 5.91 Å². The van der Waals surface area contributed by atoms with Crippen molar-refractivity contribution in [1.29, 1.82) is 0 Å². The van der Waals surface area contributed by atoms with Crippen molar-refractivity contribution in [2.45, 2.75) is 52.1 Å². The molecule has 0 radical (unpaired) electrons. The quantitative estimate of drug-likeness (QED) is 0.846. The molecule has 1 unspecified atom stereocenters. The van der Waals surface area contributed by atoms with E-state index in [0.717, 1.165) is 68.9 Å². The van der Waals surface area contributed by atoms with Crippen molar-refractivity contribution in [3.63, 3.8) is 0 Å². The molecule has 0 N–H and O–H groups in total. The predicted molar refractivity (Wildman–Crippen MR) is 86.1 cm³/mol. The smallest absolute Gasteiger partial charge is 0.240 e. The van der Waals surface area contributed by atoms with Crippen LogP contribution in [-0.4, -0.2) is 59.8 Å². The van der Waals surface area contributed by atoms with Crippen LogP contribution < -0.4 is 0 Å². The van der Waals surface area contributed by atoms with E-state index < -0.39 is 0 Å². The number of rotatable bonds is 4. The van der Waals surface area contributed by atoms with Gasteiger partial charge in [-0.1, -0.05) is 18.5 Å². The molecule has 0 spiro atoms. The fraction of sp³-hybridized carbons (Fsp3) is 0.765. The Morgan fingerprint density at radius 2 is 2.04 bits per heavy atom. The van der Waals surface area contributed by atoms with Crippen LogP contribution in [0.5, 0.6) is 0 Å². The fourth-order valence-electron chi connectivity index (χ4n) is 3.57. The van der Waals surface area contributed by atoms with Gasteiger partial charge in [0.1, 0.15) is 5.76 Å². The number of aromatic nitrogens is 1. The molecule has 6 heteroatoms. The normalized spacial score (nSPS) is 23.2. The second-order valence-electron chi connectivity index (χ2n) is 6.44. The molecule has 0 bridgehead atoms. The Bertz CT molecular complexity index is 537. The largest absolute Gasteiger partial charge is 0.378 e. The van der Waals surface area contributed by atoms with Crippen molar-refractivity contribution in [1.82, 2.24) is 15.0 Å². The molecule has 3 heterocycles. The van der Waals surface area contributed by atoms with E-state index in [9.17, 15) is 4.79 Å². The monoisotopic (exact) mass is 321 g/mol. The maximum atomic E-state index is 12.9. The van der Waals surface area contributed by atoms with Crippen LogP contribution in [-0.2, 0) is 22.5 Å². The number of hydrogen-bond donors (Lipinski definition) is 0. The summed E-state index contributed by atoms with van der Waals surface area (Å²) in [5.41, 5.74) is 2.18. The summed E-state index contributed by atoms with van der Waals surface area (Å²) in [4.78, 5) is 17.2. The lowest BCUT2D eigenvalue weighted by Gasteiger charge is -2.38. The number of hydrogen-bond acceptors (Lipinski definition) is 5. The highest BCUT2D eigenvalue weighted by molar-refractivity contribution is 5.82. The van der Waals surface area contributed by atoms with Crippen LogP contribution in [0.3, 0.4) is 0 Å². The van der Waals surface area contributed by atoms with Crippen LogP contribution in [0.1, 0.15) is 43.2 Å². The Morgan fingerprint density at radius 1 is 1.26 bits per heavy atom. The zero-order valence-corrected chi connectivity index (χ0v) is 14.2. The van der Waals surface area contributed by atoms with E-state index in [-0.39, 0.29) is 11.9 Å². The van der Waals surface area contributed by atoms with E-state index in [1.54, 1.807) is 0 Å². The second kappa shape index (κ2) is 7.45. The van der Waals surface area contributed by atoms with Crippen molar-refractivity contribution in [2.24, 2.45) is 0 Å². The van der Waals surface area contributed by atoms with Crippen LogP contribution in [0.4, 0.5) is 0 Å². The Labute approximate surface area is 137 Å². The SMILES string of the molecule is CCc1noc(C)c1CN1CCCCC1C(=O)N1CCOCC1. The highest BCUT2D eigenvalue weighted by Gasteiger charge is 2.33. The summed E-state index contributed by atoms with van der Waals surface area (Å²) < 4.78 is 10.7. The van der Waals surface area contributed by atoms with Gasteiger partial charge in [0.15, 0.2) is 0 Å². The average Bonchev–Trinajstić information content (AvgIpc) is 2.95. The molecule has 2 aliphatic heterocycles. The molecule has 1 atom stereocenters. The topological polar surface area (TPSA) is 58.8 Å². The van der Waals surface area contributed by atoms with Gasteiger partial charge in [-0.25, -0.2) is 0 Å². The number of aryl methyl sites for hydroxylation is 2. The highest BCUT2D eigenvalue weighted by atomic mass is 16.5. The van der Waals surface area contributed by atoms with Crippen molar-refractivity contribution in [2.75, 3.05) is 32.8 Å². The lowest BCUT2D eigenvalue weighted by atomic mass is 9.99. The maximum absolute atomic E-state index is 12.9. The third-order valence-corrected chi connectivity index (χ3v) is 4.98. The minimum atomic E-state index is -0.0131. The van der Waals surface area contributed by atoms with E-state index in [0.29, 0.717) is 13.2 Å². The third-order valence-electron chi connectivity index (χ3n) is 4.98. The number of carbonyl (C=O) groups is 1. The molecular weight excluding hydrogens is 294 g/mol. The van der Waals surface area contributed by atoms with Gasteiger partial charge in [0.25, 0.3) is 0 Å². The molecular formula is C17H27N3O3.